The van der Waals surface area contributed by atoms with Gasteiger partial charge in [0.05, 0.1) is 7.11 Å². The van der Waals surface area contributed by atoms with Crippen LogP contribution in [0.1, 0.15) is 59.8 Å². The van der Waals surface area contributed by atoms with Gasteiger partial charge in [-0.15, -0.1) is 0 Å². The third kappa shape index (κ3) is 5.28. The predicted octanol–water partition coefficient (Wildman–Crippen LogP) is 5.24. The van der Waals surface area contributed by atoms with Gasteiger partial charge in [0, 0.05) is 24.0 Å². The van der Waals surface area contributed by atoms with E-state index in [1.165, 1.54) is 6.42 Å². The quantitative estimate of drug-likeness (QED) is 0.527. The molecule has 3 aromatic rings. The minimum atomic E-state index is -0.857. The number of amides is 2. The summed E-state index contributed by atoms with van der Waals surface area (Å²) in [5, 5.41) is 3.25. The molecule has 0 spiro atoms. The van der Waals surface area contributed by atoms with Crippen LogP contribution in [0.25, 0.3) is 0 Å². The number of aryl methyl sites for hydroxylation is 1. The zero-order valence-corrected chi connectivity index (χ0v) is 19.7. The van der Waals surface area contributed by atoms with Crippen molar-refractivity contribution in [3.8, 4) is 5.75 Å². The molecule has 34 heavy (non-hydrogen) atoms. The molecule has 1 aliphatic rings. The first-order valence-corrected chi connectivity index (χ1v) is 11.8. The lowest BCUT2D eigenvalue weighted by atomic mass is 9.93. The summed E-state index contributed by atoms with van der Waals surface area (Å²) in [7, 11) is 1.58. The highest BCUT2D eigenvalue weighted by Crippen LogP contribution is 2.33. The van der Waals surface area contributed by atoms with Crippen LogP contribution in [-0.4, -0.2) is 29.9 Å². The number of carbonyl (C=O) groups is 2. The molecule has 176 valence electrons. The van der Waals surface area contributed by atoms with E-state index in [1.54, 1.807) is 42.5 Å². The normalized spacial score (nSPS) is 14.8. The molecule has 0 aliphatic heterocycles. The largest absolute Gasteiger partial charge is 0.497 e. The predicted molar refractivity (Wildman–Crippen MR) is 133 cm³/mol. The molecule has 1 aliphatic carbocycles. The molecular formula is C28H31N3O3. The van der Waals surface area contributed by atoms with Gasteiger partial charge in [0.2, 0.25) is 5.91 Å². The van der Waals surface area contributed by atoms with Crippen molar-refractivity contribution >= 4 is 17.5 Å². The fraction of sp³-hybridized carbons (Fsp3) is 0.321. The second kappa shape index (κ2) is 11.0. The Bertz CT molecular complexity index is 1130. The van der Waals surface area contributed by atoms with Crippen molar-refractivity contribution in [1.29, 1.82) is 0 Å². The van der Waals surface area contributed by atoms with Crippen LogP contribution >= 0.6 is 0 Å². The Morgan fingerprint density at radius 2 is 1.76 bits per heavy atom. The molecule has 2 amide bonds. The monoisotopic (exact) mass is 457 g/mol. The molecule has 0 bridgehead atoms. The average molecular weight is 458 g/mol. The Kier molecular flexibility index (Phi) is 7.58. The molecular weight excluding hydrogens is 426 g/mol. The number of nitrogens with zero attached hydrogens (tertiary/aromatic N) is 2. The highest BCUT2D eigenvalue weighted by Gasteiger charge is 2.36. The van der Waals surface area contributed by atoms with Crippen LogP contribution in [0.5, 0.6) is 5.75 Å². The van der Waals surface area contributed by atoms with E-state index in [0.717, 1.165) is 36.8 Å². The Morgan fingerprint density at radius 1 is 1.00 bits per heavy atom. The number of benzene rings is 2. The van der Waals surface area contributed by atoms with Gasteiger partial charge in [0.25, 0.3) is 5.91 Å². The summed E-state index contributed by atoms with van der Waals surface area (Å²) >= 11 is 0. The van der Waals surface area contributed by atoms with Crippen molar-refractivity contribution in [2.75, 3.05) is 12.0 Å². The van der Waals surface area contributed by atoms with Crippen LogP contribution in [0, 0.1) is 6.92 Å². The fourth-order valence-electron chi connectivity index (χ4n) is 4.57. The SMILES string of the molecule is COc1cccc(N(C(=O)c2ccccn2)[C@@H](C(=O)NC2CCCCC2)c2ccccc2C)c1. The summed E-state index contributed by atoms with van der Waals surface area (Å²) in [6.07, 6.45) is 6.90. The lowest BCUT2D eigenvalue weighted by molar-refractivity contribution is -0.123. The molecule has 1 atom stereocenters. The molecule has 2 aromatic carbocycles. The molecule has 1 fully saturated rings. The molecule has 1 saturated carbocycles. The molecule has 1 N–H and O–H groups in total. The number of hydrogen-bond acceptors (Lipinski definition) is 4. The third-order valence-electron chi connectivity index (χ3n) is 6.38. The first kappa shape index (κ1) is 23.5. The Morgan fingerprint density at radius 3 is 2.47 bits per heavy atom. The van der Waals surface area contributed by atoms with Crippen LogP contribution in [0.3, 0.4) is 0 Å². The highest BCUT2D eigenvalue weighted by molar-refractivity contribution is 6.09. The second-order valence-electron chi connectivity index (χ2n) is 8.69. The maximum Gasteiger partial charge on any atom is 0.277 e. The number of ether oxygens (including phenoxy) is 1. The van der Waals surface area contributed by atoms with Gasteiger partial charge in [0.1, 0.15) is 17.5 Å². The summed E-state index contributed by atoms with van der Waals surface area (Å²) in [4.78, 5) is 33.7. The summed E-state index contributed by atoms with van der Waals surface area (Å²) < 4.78 is 5.43. The molecule has 4 rings (SSSR count). The number of anilines is 1. The van der Waals surface area contributed by atoms with Gasteiger partial charge in [-0.25, -0.2) is 0 Å². The lowest BCUT2D eigenvalue weighted by Gasteiger charge is -2.34. The maximum atomic E-state index is 13.9. The summed E-state index contributed by atoms with van der Waals surface area (Å²) in [5.41, 5.74) is 2.56. The van der Waals surface area contributed by atoms with Gasteiger partial charge < -0.3 is 10.1 Å². The van der Waals surface area contributed by atoms with Crippen molar-refractivity contribution in [3.63, 3.8) is 0 Å². The van der Waals surface area contributed by atoms with Gasteiger partial charge >= 0.3 is 0 Å². The van der Waals surface area contributed by atoms with Crippen molar-refractivity contribution in [1.82, 2.24) is 10.3 Å². The van der Waals surface area contributed by atoms with Gasteiger partial charge in [0.15, 0.2) is 0 Å². The number of hydrogen-bond donors (Lipinski definition) is 1. The summed E-state index contributed by atoms with van der Waals surface area (Å²) in [5.74, 6) is 0.0711. The molecule has 1 aromatic heterocycles. The van der Waals surface area contributed by atoms with Crippen molar-refractivity contribution in [2.24, 2.45) is 0 Å². The Balaban J connectivity index is 1.83. The van der Waals surface area contributed by atoms with E-state index in [1.807, 2.05) is 49.4 Å². The molecule has 0 saturated heterocycles. The van der Waals surface area contributed by atoms with Crippen LogP contribution in [0.2, 0.25) is 0 Å². The number of rotatable bonds is 7. The molecule has 0 unspecified atom stereocenters. The number of carbonyl (C=O) groups excluding carboxylic acids is 2. The number of nitrogens with one attached hydrogen (secondary N) is 1. The zero-order valence-electron chi connectivity index (χ0n) is 19.7. The molecule has 1 heterocycles. The van der Waals surface area contributed by atoms with Crippen LogP contribution in [0.4, 0.5) is 5.69 Å². The summed E-state index contributed by atoms with van der Waals surface area (Å²) in [6.45, 7) is 1.96. The topological polar surface area (TPSA) is 71.5 Å². The van der Waals surface area contributed by atoms with E-state index in [0.29, 0.717) is 11.4 Å². The molecule has 0 radical (unpaired) electrons. The van der Waals surface area contributed by atoms with Gasteiger partial charge in [-0.1, -0.05) is 55.7 Å². The highest BCUT2D eigenvalue weighted by atomic mass is 16.5. The number of aromatic nitrogens is 1. The van der Waals surface area contributed by atoms with Crippen LogP contribution in [-0.2, 0) is 4.79 Å². The smallest absolute Gasteiger partial charge is 0.277 e. The minimum absolute atomic E-state index is 0.116. The van der Waals surface area contributed by atoms with E-state index >= 15 is 0 Å². The number of methoxy groups -OCH3 is 1. The molecule has 6 heteroatoms. The van der Waals surface area contributed by atoms with Crippen molar-refractivity contribution in [2.45, 2.75) is 51.1 Å². The Hall–Kier alpha value is -3.67. The lowest BCUT2D eigenvalue weighted by Crippen LogP contribution is -2.47. The molecule has 6 nitrogen and oxygen atoms in total. The average Bonchev–Trinajstić information content (AvgIpc) is 2.88. The van der Waals surface area contributed by atoms with E-state index in [9.17, 15) is 9.59 Å². The van der Waals surface area contributed by atoms with Crippen LogP contribution < -0.4 is 15.0 Å². The zero-order chi connectivity index (χ0) is 23.9. The van der Waals surface area contributed by atoms with Crippen molar-refractivity contribution < 1.29 is 14.3 Å². The van der Waals surface area contributed by atoms with Gasteiger partial charge in [-0.3, -0.25) is 19.5 Å². The van der Waals surface area contributed by atoms with Crippen molar-refractivity contribution in [3.05, 3.63) is 89.7 Å². The van der Waals surface area contributed by atoms with E-state index in [-0.39, 0.29) is 23.6 Å². The third-order valence-corrected chi connectivity index (χ3v) is 6.38. The van der Waals surface area contributed by atoms with E-state index in [2.05, 4.69) is 10.3 Å². The van der Waals surface area contributed by atoms with E-state index < -0.39 is 6.04 Å². The maximum absolute atomic E-state index is 13.9. The first-order chi connectivity index (χ1) is 16.6. The summed E-state index contributed by atoms with van der Waals surface area (Å²) in [6, 6.07) is 19.4. The van der Waals surface area contributed by atoms with Gasteiger partial charge in [-0.2, -0.15) is 0 Å². The number of pyridine rings is 1. The fourth-order valence-corrected chi connectivity index (χ4v) is 4.57. The minimum Gasteiger partial charge on any atom is -0.497 e. The first-order valence-electron chi connectivity index (χ1n) is 11.8. The van der Waals surface area contributed by atoms with Gasteiger partial charge in [-0.05, 0) is 55.2 Å². The standard InChI is InChI=1S/C28H31N3O3/c1-20-11-6-7-16-24(20)26(27(32)30-21-12-4-3-5-13-21)31(22-14-10-15-23(19-22)34-2)28(33)25-17-8-9-18-29-25/h6-11,14-19,21,26H,3-5,12-13H2,1-2H3,(H,30,32)/t26-/m1/s1. The Labute approximate surface area is 201 Å². The second-order valence-corrected chi connectivity index (χ2v) is 8.69. The van der Waals surface area contributed by atoms with Crippen LogP contribution in [0.15, 0.2) is 72.9 Å². The van der Waals surface area contributed by atoms with E-state index in [4.69, 9.17) is 4.74 Å².